The molecule has 1 saturated heterocycles. The lowest BCUT2D eigenvalue weighted by atomic mass is 10.2. The van der Waals surface area contributed by atoms with E-state index in [4.69, 9.17) is 5.26 Å². The average Bonchev–Trinajstić information content (AvgIpc) is 2.93. The van der Waals surface area contributed by atoms with E-state index < -0.39 is 11.6 Å². The second-order valence-electron chi connectivity index (χ2n) is 5.50. The minimum atomic E-state index is -0.672. The standard InChI is InChI=1S/C16H16F2N4S/c17-14-6-12(8-19)7-15(18)16(14)22-3-1-2-21(4-5-22)9-13-10-23-11-20-13/h6-7,10-11H,1-5,9H2. The van der Waals surface area contributed by atoms with Crippen molar-refractivity contribution in [3.8, 4) is 6.07 Å². The molecule has 1 aliphatic heterocycles. The van der Waals surface area contributed by atoms with Crippen LogP contribution >= 0.6 is 11.3 Å². The minimum absolute atomic E-state index is 0.00345. The predicted octanol–water partition coefficient (Wildman–Crippen LogP) is 3.01. The molecular weight excluding hydrogens is 318 g/mol. The highest BCUT2D eigenvalue weighted by Gasteiger charge is 2.21. The van der Waals surface area contributed by atoms with Crippen molar-refractivity contribution in [3.63, 3.8) is 0 Å². The highest BCUT2D eigenvalue weighted by molar-refractivity contribution is 7.07. The first-order valence-electron chi connectivity index (χ1n) is 7.41. The second kappa shape index (κ2) is 7.02. The molecular formula is C16H16F2N4S. The van der Waals surface area contributed by atoms with Gasteiger partial charge in [-0.3, -0.25) is 4.90 Å². The van der Waals surface area contributed by atoms with E-state index in [0.717, 1.165) is 43.9 Å². The number of aromatic nitrogens is 1. The number of rotatable bonds is 3. The highest BCUT2D eigenvalue weighted by Crippen LogP contribution is 2.26. The summed E-state index contributed by atoms with van der Waals surface area (Å²) in [4.78, 5) is 8.25. The number of hydrogen-bond donors (Lipinski definition) is 0. The van der Waals surface area contributed by atoms with Crippen molar-refractivity contribution in [1.82, 2.24) is 9.88 Å². The van der Waals surface area contributed by atoms with Gasteiger partial charge in [0.1, 0.15) is 5.69 Å². The Morgan fingerprint density at radius 3 is 2.61 bits per heavy atom. The number of thiazole rings is 1. The van der Waals surface area contributed by atoms with Gasteiger partial charge < -0.3 is 4.90 Å². The largest absolute Gasteiger partial charge is 0.365 e. The molecule has 1 aliphatic rings. The van der Waals surface area contributed by atoms with Crippen LogP contribution in [0.2, 0.25) is 0 Å². The van der Waals surface area contributed by atoms with Crippen LogP contribution in [0.25, 0.3) is 0 Å². The van der Waals surface area contributed by atoms with Gasteiger partial charge in [-0.25, -0.2) is 13.8 Å². The van der Waals surface area contributed by atoms with Gasteiger partial charge in [0.2, 0.25) is 0 Å². The Morgan fingerprint density at radius 2 is 1.96 bits per heavy atom. The maximum atomic E-state index is 14.2. The quantitative estimate of drug-likeness (QED) is 0.865. The lowest BCUT2D eigenvalue weighted by Gasteiger charge is -2.24. The molecule has 4 nitrogen and oxygen atoms in total. The van der Waals surface area contributed by atoms with Crippen molar-refractivity contribution in [3.05, 3.63) is 45.9 Å². The van der Waals surface area contributed by atoms with Gasteiger partial charge in [0, 0.05) is 38.1 Å². The van der Waals surface area contributed by atoms with Crippen molar-refractivity contribution < 1.29 is 8.78 Å². The van der Waals surface area contributed by atoms with Crippen LogP contribution < -0.4 is 4.90 Å². The van der Waals surface area contributed by atoms with Crippen LogP contribution in [0.4, 0.5) is 14.5 Å². The third-order valence-corrected chi connectivity index (χ3v) is 4.56. The molecule has 0 aliphatic carbocycles. The summed E-state index contributed by atoms with van der Waals surface area (Å²) in [5, 5.41) is 10.8. The van der Waals surface area contributed by atoms with E-state index in [9.17, 15) is 8.78 Å². The normalized spacial score (nSPS) is 16.1. The minimum Gasteiger partial charge on any atom is -0.365 e. The molecule has 0 spiro atoms. The highest BCUT2D eigenvalue weighted by atomic mass is 32.1. The van der Waals surface area contributed by atoms with E-state index in [2.05, 4.69) is 9.88 Å². The number of nitrogens with zero attached hydrogens (tertiary/aromatic N) is 4. The summed E-state index contributed by atoms with van der Waals surface area (Å²) in [5.41, 5.74) is 2.81. The molecule has 1 aromatic heterocycles. The maximum absolute atomic E-state index is 14.2. The van der Waals surface area contributed by atoms with Gasteiger partial charge >= 0.3 is 0 Å². The number of nitriles is 1. The molecule has 0 bridgehead atoms. The molecule has 23 heavy (non-hydrogen) atoms. The summed E-state index contributed by atoms with van der Waals surface area (Å²) in [6.45, 7) is 3.48. The first kappa shape index (κ1) is 15.8. The molecule has 120 valence electrons. The zero-order chi connectivity index (χ0) is 16.2. The molecule has 1 aromatic carbocycles. The van der Waals surface area contributed by atoms with E-state index in [1.165, 1.54) is 0 Å². The maximum Gasteiger partial charge on any atom is 0.150 e. The third kappa shape index (κ3) is 3.66. The Bertz CT molecular complexity index is 688. The Hall–Kier alpha value is -2.04. The molecule has 0 radical (unpaired) electrons. The molecule has 0 atom stereocenters. The van der Waals surface area contributed by atoms with Crippen molar-refractivity contribution in [2.45, 2.75) is 13.0 Å². The van der Waals surface area contributed by atoms with E-state index >= 15 is 0 Å². The number of anilines is 1. The second-order valence-corrected chi connectivity index (χ2v) is 6.22. The smallest absolute Gasteiger partial charge is 0.150 e. The fourth-order valence-electron chi connectivity index (χ4n) is 2.83. The van der Waals surface area contributed by atoms with Crippen molar-refractivity contribution in [1.29, 1.82) is 5.26 Å². The topological polar surface area (TPSA) is 43.2 Å². The lowest BCUT2D eigenvalue weighted by molar-refractivity contribution is 0.282. The van der Waals surface area contributed by atoms with Crippen LogP contribution in [0.5, 0.6) is 0 Å². The monoisotopic (exact) mass is 334 g/mol. The molecule has 0 unspecified atom stereocenters. The summed E-state index contributed by atoms with van der Waals surface area (Å²) < 4.78 is 28.3. The average molecular weight is 334 g/mol. The summed E-state index contributed by atoms with van der Waals surface area (Å²) >= 11 is 1.56. The Balaban J connectivity index is 1.72. The molecule has 0 amide bonds. The molecule has 0 saturated carbocycles. The molecule has 0 N–H and O–H groups in total. The summed E-state index contributed by atoms with van der Waals surface area (Å²) in [6.07, 6.45) is 0.822. The number of hydrogen-bond acceptors (Lipinski definition) is 5. The number of halogens is 2. The zero-order valence-corrected chi connectivity index (χ0v) is 13.3. The number of benzene rings is 1. The van der Waals surface area contributed by atoms with Crippen LogP contribution in [-0.2, 0) is 6.54 Å². The predicted molar refractivity (Wildman–Crippen MR) is 85.3 cm³/mol. The van der Waals surface area contributed by atoms with Gasteiger partial charge in [0.05, 0.1) is 22.8 Å². The molecule has 3 rings (SSSR count). The Morgan fingerprint density at radius 1 is 1.17 bits per heavy atom. The third-order valence-electron chi connectivity index (χ3n) is 3.92. The van der Waals surface area contributed by atoms with Gasteiger partial charge in [-0.1, -0.05) is 0 Å². The van der Waals surface area contributed by atoms with Crippen molar-refractivity contribution in [2.24, 2.45) is 0 Å². The van der Waals surface area contributed by atoms with E-state index in [1.54, 1.807) is 27.8 Å². The van der Waals surface area contributed by atoms with Crippen LogP contribution in [0, 0.1) is 23.0 Å². The molecule has 2 aromatic rings. The SMILES string of the molecule is N#Cc1cc(F)c(N2CCCN(Cc3cscn3)CC2)c(F)c1. The van der Waals surface area contributed by atoms with Crippen molar-refractivity contribution >= 4 is 17.0 Å². The van der Waals surface area contributed by atoms with Crippen LogP contribution in [0.15, 0.2) is 23.0 Å². The van der Waals surface area contributed by atoms with Crippen LogP contribution in [0.3, 0.4) is 0 Å². The van der Waals surface area contributed by atoms with Crippen LogP contribution in [-0.4, -0.2) is 36.1 Å². The first-order valence-corrected chi connectivity index (χ1v) is 8.35. The van der Waals surface area contributed by atoms with Gasteiger partial charge in [0.15, 0.2) is 11.6 Å². The van der Waals surface area contributed by atoms with Gasteiger partial charge in [-0.15, -0.1) is 11.3 Å². The summed E-state index contributed by atoms with van der Waals surface area (Å²) in [7, 11) is 0. The fraction of sp³-hybridized carbons (Fsp3) is 0.375. The van der Waals surface area contributed by atoms with E-state index in [-0.39, 0.29) is 11.3 Å². The molecule has 2 heterocycles. The van der Waals surface area contributed by atoms with E-state index in [1.807, 2.05) is 5.38 Å². The Kier molecular flexibility index (Phi) is 4.84. The van der Waals surface area contributed by atoms with Gasteiger partial charge in [-0.05, 0) is 18.6 Å². The van der Waals surface area contributed by atoms with E-state index in [0.29, 0.717) is 13.1 Å². The first-order chi connectivity index (χ1) is 11.2. The van der Waals surface area contributed by atoms with Crippen molar-refractivity contribution in [2.75, 3.05) is 31.1 Å². The zero-order valence-electron chi connectivity index (χ0n) is 12.5. The summed E-state index contributed by atoms with van der Waals surface area (Å²) in [5.74, 6) is -1.34. The van der Waals surface area contributed by atoms with Gasteiger partial charge in [-0.2, -0.15) is 5.26 Å². The van der Waals surface area contributed by atoms with Crippen LogP contribution in [0.1, 0.15) is 17.7 Å². The summed E-state index contributed by atoms with van der Waals surface area (Å²) in [6, 6.07) is 3.96. The fourth-order valence-corrected chi connectivity index (χ4v) is 3.38. The Labute approximate surface area is 137 Å². The van der Waals surface area contributed by atoms with Gasteiger partial charge in [0.25, 0.3) is 0 Å². The molecule has 1 fully saturated rings. The molecule has 7 heteroatoms. The lowest BCUT2D eigenvalue weighted by Crippen LogP contribution is -2.31.